The third kappa shape index (κ3) is 3.46. The van der Waals surface area contributed by atoms with Crippen LogP contribution in [0, 0.1) is 0 Å². The standard InChI is InChI=1S/C15H25N5/c1-12(2)17-10-13-9-16-11-15(18-13)20-7-5-19(6-8-20)14-3-4-14/h9,11-12,14,17H,3-8,10H2,1-2H3. The molecule has 20 heavy (non-hydrogen) atoms. The maximum atomic E-state index is 4.74. The van der Waals surface area contributed by atoms with Gasteiger partial charge in [0.25, 0.3) is 0 Å². The molecule has 1 aliphatic heterocycles. The Balaban J connectivity index is 1.57. The predicted octanol–water partition coefficient (Wildman–Crippen LogP) is 1.26. The summed E-state index contributed by atoms with van der Waals surface area (Å²) in [6, 6.07) is 1.35. The van der Waals surface area contributed by atoms with E-state index in [4.69, 9.17) is 4.98 Å². The molecule has 1 N–H and O–H groups in total. The highest BCUT2D eigenvalue weighted by Gasteiger charge is 2.31. The topological polar surface area (TPSA) is 44.3 Å². The molecule has 5 heteroatoms. The number of anilines is 1. The van der Waals surface area contributed by atoms with Crippen molar-refractivity contribution in [1.82, 2.24) is 20.2 Å². The van der Waals surface area contributed by atoms with E-state index in [-0.39, 0.29) is 0 Å². The Hall–Kier alpha value is -1.20. The number of hydrogen-bond donors (Lipinski definition) is 1. The van der Waals surface area contributed by atoms with Crippen molar-refractivity contribution in [3.05, 3.63) is 18.1 Å². The second-order valence-corrected chi connectivity index (χ2v) is 6.16. The molecule has 0 atom stereocenters. The third-order valence-electron chi connectivity index (χ3n) is 4.06. The van der Waals surface area contributed by atoms with Gasteiger partial charge in [0.15, 0.2) is 0 Å². The van der Waals surface area contributed by atoms with Gasteiger partial charge in [-0.25, -0.2) is 4.98 Å². The van der Waals surface area contributed by atoms with Crippen molar-refractivity contribution in [3.8, 4) is 0 Å². The van der Waals surface area contributed by atoms with Gasteiger partial charge in [-0.1, -0.05) is 13.8 Å². The molecule has 2 heterocycles. The van der Waals surface area contributed by atoms with Crippen molar-refractivity contribution >= 4 is 5.82 Å². The minimum atomic E-state index is 0.475. The van der Waals surface area contributed by atoms with Crippen LogP contribution in [0.4, 0.5) is 5.82 Å². The number of hydrogen-bond acceptors (Lipinski definition) is 5. The minimum Gasteiger partial charge on any atom is -0.353 e. The van der Waals surface area contributed by atoms with E-state index >= 15 is 0 Å². The molecule has 1 aliphatic carbocycles. The molecule has 0 bridgehead atoms. The first-order chi connectivity index (χ1) is 9.72. The molecular weight excluding hydrogens is 250 g/mol. The molecule has 3 rings (SSSR count). The van der Waals surface area contributed by atoms with E-state index in [9.17, 15) is 0 Å². The second kappa shape index (κ2) is 6.06. The van der Waals surface area contributed by atoms with E-state index in [1.807, 2.05) is 12.4 Å². The van der Waals surface area contributed by atoms with Gasteiger partial charge in [-0.15, -0.1) is 0 Å². The van der Waals surface area contributed by atoms with Crippen molar-refractivity contribution in [2.45, 2.75) is 45.3 Å². The molecule has 0 radical (unpaired) electrons. The normalized spacial score (nSPS) is 20.6. The molecule has 110 valence electrons. The molecule has 2 aliphatic rings. The van der Waals surface area contributed by atoms with Crippen LogP contribution in [0.3, 0.4) is 0 Å². The lowest BCUT2D eigenvalue weighted by molar-refractivity contribution is 0.247. The summed E-state index contributed by atoms with van der Waals surface area (Å²) in [6.07, 6.45) is 6.55. The summed E-state index contributed by atoms with van der Waals surface area (Å²) in [5.41, 5.74) is 1.03. The number of piperazine rings is 1. The molecule has 0 amide bonds. The number of nitrogens with one attached hydrogen (secondary N) is 1. The van der Waals surface area contributed by atoms with Crippen molar-refractivity contribution < 1.29 is 0 Å². The maximum Gasteiger partial charge on any atom is 0.147 e. The highest BCUT2D eigenvalue weighted by Crippen LogP contribution is 2.28. The third-order valence-corrected chi connectivity index (χ3v) is 4.06. The van der Waals surface area contributed by atoms with Gasteiger partial charge < -0.3 is 10.2 Å². The molecule has 0 aromatic carbocycles. The number of rotatable bonds is 5. The fraction of sp³-hybridized carbons (Fsp3) is 0.733. The second-order valence-electron chi connectivity index (χ2n) is 6.16. The molecule has 1 saturated carbocycles. The van der Waals surface area contributed by atoms with Crippen LogP contribution in [0.1, 0.15) is 32.4 Å². The lowest BCUT2D eigenvalue weighted by atomic mass is 10.3. The van der Waals surface area contributed by atoms with Crippen LogP contribution in [-0.2, 0) is 6.54 Å². The fourth-order valence-corrected chi connectivity index (χ4v) is 2.70. The highest BCUT2D eigenvalue weighted by molar-refractivity contribution is 5.37. The summed E-state index contributed by atoms with van der Waals surface area (Å²) >= 11 is 0. The Morgan fingerprint density at radius 2 is 1.95 bits per heavy atom. The predicted molar refractivity (Wildman–Crippen MR) is 80.8 cm³/mol. The van der Waals surface area contributed by atoms with E-state index in [0.29, 0.717) is 6.04 Å². The van der Waals surface area contributed by atoms with Gasteiger partial charge in [-0.2, -0.15) is 0 Å². The molecule has 5 nitrogen and oxygen atoms in total. The van der Waals surface area contributed by atoms with Gasteiger partial charge >= 0.3 is 0 Å². The summed E-state index contributed by atoms with van der Waals surface area (Å²) < 4.78 is 0. The highest BCUT2D eigenvalue weighted by atomic mass is 15.3. The van der Waals surface area contributed by atoms with E-state index in [1.165, 1.54) is 25.9 Å². The Morgan fingerprint density at radius 1 is 1.20 bits per heavy atom. The maximum absolute atomic E-state index is 4.74. The van der Waals surface area contributed by atoms with E-state index in [1.54, 1.807) is 0 Å². The quantitative estimate of drug-likeness (QED) is 0.876. The number of aromatic nitrogens is 2. The first-order valence-electron chi connectivity index (χ1n) is 7.75. The van der Waals surface area contributed by atoms with E-state index in [2.05, 4.69) is 33.9 Å². The van der Waals surface area contributed by atoms with Crippen molar-refractivity contribution in [2.24, 2.45) is 0 Å². The Labute approximate surface area is 121 Å². The molecule has 1 saturated heterocycles. The van der Waals surface area contributed by atoms with Gasteiger partial charge in [0.2, 0.25) is 0 Å². The monoisotopic (exact) mass is 275 g/mol. The van der Waals surface area contributed by atoms with E-state index < -0.39 is 0 Å². The van der Waals surface area contributed by atoms with Crippen LogP contribution >= 0.6 is 0 Å². The first-order valence-corrected chi connectivity index (χ1v) is 7.75. The molecular formula is C15H25N5. The summed E-state index contributed by atoms with van der Waals surface area (Å²) in [7, 11) is 0. The summed E-state index contributed by atoms with van der Waals surface area (Å²) in [6.45, 7) is 9.57. The van der Waals surface area contributed by atoms with Crippen LogP contribution in [0.15, 0.2) is 12.4 Å². The van der Waals surface area contributed by atoms with Gasteiger partial charge in [-0.3, -0.25) is 9.88 Å². The Bertz CT molecular complexity index is 436. The molecule has 2 fully saturated rings. The van der Waals surface area contributed by atoms with Gasteiger partial charge in [0.1, 0.15) is 5.82 Å². The fourth-order valence-electron chi connectivity index (χ4n) is 2.70. The average molecular weight is 275 g/mol. The van der Waals surface area contributed by atoms with Crippen molar-refractivity contribution in [3.63, 3.8) is 0 Å². The molecule has 1 aromatic rings. The summed E-state index contributed by atoms with van der Waals surface area (Å²) in [5.74, 6) is 1.03. The van der Waals surface area contributed by atoms with Gasteiger partial charge in [0, 0.05) is 51.0 Å². The SMILES string of the molecule is CC(C)NCc1cncc(N2CCN(C3CC3)CC2)n1. The van der Waals surface area contributed by atoms with Crippen LogP contribution in [0.25, 0.3) is 0 Å². The molecule has 1 aromatic heterocycles. The van der Waals surface area contributed by atoms with Gasteiger partial charge in [-0.05, 0) is 12.8 Å². The Kier molecular flexibility index (Phi) is 4.17. The van der Waals surface area contributed by atoms with Crippen molar-refractivity contribution in [2.75, 3.05) is 31.1 Å². The molecule has 0 unspecified atom stereocenters. The summed E-state index contributed by atoms with van der Waals surface area (Å²) in [4.78, 5) is 14.1. The minimum absolute atomic E-state index is 0.475. The number of nitrogens with zero attached hydrogens (tertiary/aromatic N) is 4. The zero-order valence-electron chi connectivity index (χ0n) is 12.5. The van der Waals surface area contributed by atoms with Crippen LogP contribution in [-0.4, -0.2) is 53.1 Å². The average Bonchev–Trinajstić information content (AvgIpc) is 3.30. The van der Waals surface area contributed by atoms with E-state index in [0.717, 1.165) is 37.2 Å². The van der Waals surface area contributed by atoms with Crippen molar-refractivity contribution in [1.29, 1.82) is 0 Å². The smallest absolute Gasteiger partial charge is 0.147 e. The van der Waals surface area contributed by atoms with Crippen LogP contribution in [0.2, 0.25) is 0 Å². The van der Waals surface area contributed by atoms with Gasteiger partial charge in [0.05, 0.1) is 11.9 Å². The van der Waals surface area contributed by atoms with Crippen LogP contribution in [0.5, 0.6) is 0 Å². The lowest BCUT2D eigenvalue weighted by Gasteiger charge is -2.35. The van der Waals surface area contributed by atoms with Crippen LogP contribution < -0.4 is 10.2 Å². The first kappa shape index (κ1) is 13.8. The zero-order valence-corrected chi connectivity index (χ0v) is 12.5. The Morgan fingerprint density at radius 3 is 2.60 bits per heavy atom. The zero-order chi connectivity index (χ0) is 13.9. The molecule has 0 spiro atoms. The summed E-state index contributed by atoms with van der Waals surface area (Å²) in [5, 5.41) is 3.39. The largest absolute Gasteiger partial charge is 0.353 e. The lowest BCUT2D eigenvalue weighted by Crippen LogP contribution is -2.47.